The zero-order chi connectivity index (χ0) is 10.7. The number of aliphatic hydroxyl groups excluding tert-OH is 1. The molecule has 2 unspecified atom stereocenters. The maximum absolute atomic E-state index is 11.4. The quantitative estimate of drug-likeness (QED) is 0.739. The SMILES string of the molecule is O=C1OCC(CO)N1CC1CCCCO1. The second kappa shape index (κ2) is 4.81. The number of aliphatic hydroxyl groups is 1. The lowest BCUT2D eigenvalue weighted by Gasteiger charge is -2.28. The topological polar surface area (TPSA) is 59.0 Å². The summed E-state index contributed by atoms with van der Waals surface area (Å²) in [7, 11) is 0. The van der Waals surface area contributed by atoms with Gasteiger partial charge in [-0.25, -0.2) is 4.79 Å². The van der Waals surface area contributed by atoms with Gasteiger partial charge in [0.2, 0.25) is 0 Å². The predicted octanol–water partition coefficient (Wildman–Crippen LogP) is 0.369. The fourth-order valence-electron chi connectivity index (χ4n) is 2.04. The first kappa shape index (κ1) is 10.7. The van der Waals surface area contributed by atoms with Gasteiger partial charge in [-0.3, -0.25) is 4.90 Å². The first-order valence-electron chi connectivity index (χ1n) is 5.47. The van der Waals surface area contributed by atoms with Crippen LogP contribution in [0.1, 0.15) is 19.3 Å². The highest BCUT2D eigenvalue weighted by Gasteiger charge is 2.34. The molecular weight excluding hydrogens is 198 g/mol. The van der Waals surface area contributed by atoms with Crippen LogP contribution in [0.2, 0.25) is 0 Å². The number of nitrogens with zero attached hydrogens (tertiary/aromatic N) is 1. The molecule has 0 aromatic heterocycles. The number of carbonyl (C=O) groups is 1. The van der Waals surface area contributed by atoms with E-state index in [1.807, 2.05) is 0 Å². The number of cyclic esters (lactones) is 1. The number of rotatable bonds is 3. The lowest BCUT2D eigenvalue weighted by molar-refractivity contribution is -0.00442. The van der Waals surface area contributed by atoms with E-state index in [0.717, 1.165) is 25.9 Å². The summed E-state index contributed by atoms with van der Waals surface area (Å²) in [5.74, 6) is 0. The molecule has 1 N–H and O–H groups in total. The molecule has 2 aliphatic heterocycles. The van der Waals surface area contributed by atoms with Crippen LogP contribution in [0.3, 0.4) is 0 Å². The second-order valence-electron chi connectivity index (χ2n) is 4.05. The highest BCUT2D eigenvalue weighted by molar-refractivity contribution is 5.70. The molecule has 5 nitrogen and oxygen atoms in total. The molecule has 2 fully saturated rings. The Bertz CT molecular complexity index is 227. The van der Waals surface area contributed by atoms with Gasteiger partial charge in [0.25, 0.3) is 0 Å². The molecule has 0 spiro atoms. The molecule has 86 valence electrons. The van der Waals surface area contributed by atoms with Gasteiger partial charge in [0.05, 0.1) is 25.3 Å². The van der Waals surface area contributed by atoms with Crippen LogP contribution in [-0.2, 0) is 9.47 Å². The lowest BCUT2D eigenvalue weighted by atomic mass is 10.1. The van der Waals surface area contributed by atoms with Gasteiger partial charge in [0.1, 0.15) is 6.61 Å². The van der Waals surface area contributed by atoms with Crippen LogP contribution < -0.4 is 0 Å². The molecule has 2 aliphatic rings. The summed E-state index contributed by atoms with van der Waals surface area (Å²) >= 11 is 0. The van der Waals surface area contributed by atoms with Crippen LogP contribution in [-0.4, -0.2) is 54.6 Å². The Morgan fingerprint density at radius 1 is 1.47 bits per heavy atom. The third-order valence-electron chi connectivity index (χ3n) is 2.96. The maximum atomic E-state index is 11.4. The van der Waals surface area contributed by atoms with Crippen molar-refractivity contribution in [2.75, 3.05) is 26.4 Å². The molecule has 5 heteroatoms. The van der Waals surface area contributed by atoms with E-state index in [4.69, 9.17) is 14.6 Å². The van der Waals surface area contributed by atoms with E-state index < -0.39 is 0 Å². The minimum absolute atomic E-state index is 0.0432. The molecule has 2 saturated heterocycles. The number of hydrogen-bond donors (Lipinski definition) is 1. The molecule has 0 aromatic carbocycles. The van der Waals surface area contributed by atoms with Crippen molar-refractivity contribution < 1.29 is 19.4 Å². The maximum Gasteiger partial charge on any atom is 0.410 e. The van der Waals surface area contributed by atoms with Gasteiger partial charge >= 0.3 is 6.09 Å². The number of hydrogen-bond acceptors (Lipinski definition) is 4. The fraction of sp³-hybridized carbons (Fsp3) is 0.900. The molecule has 2 rings (SSSR count). The summed E-state index contributed by atoms with van der Waals surface area (Å²) in [6.45, 7) is 1.57. The number of amides is 1. The number of ether oxygens (including phenoxy) is 2. The minimum atomic E-state index is -0.330. The van der Waals surface area contributed by atoms with Gasteiger partial charge in [-0.2, -0.15) is 0 Å². The lowest BCUT2D eigenvalue weighted by Crippen LogP contribution is -2.42. The van der Waals surface area contributed by atoms with E-state index in [1.165, 1.54) is 0 Å². The molecule has 2 heterocycles. The summed E-state index contributed by atoms with van der Waals surface area (Å²) in [5, 5.41) is 9.07. The van der Waals surface area contributed by atoms with E-state index >= 15 is 0 Å². The van der Waals surface area contributed by atoms with Gasteiger partial charge in [-0.1, -0.05) is 0 Å². The second-order valence-corrected chi connectivity index (χ2v) is 4.05. The van der Waals surface area contributed by atoms with E-state index in [1.54, 1.807) is 4.90 Å². The van der Waals surface area contributed by atoms with Crippen LogP contribution in [0.15, 0.2) is 0 Å². The third-order valence-corrected chi connectivity index (χ3v) is 2.96. The smallest absolute Gasteiger partial charge is 0.410 e. The average Bonchev–Trinajstić information content (AvgIpc) is 2.62. The Morgan fingerprint density at radius 3 is 3.00 bits per heavy atom. The van der Waals surface area contributed by atoms with Crippen molar-refractivity contribution in [3.63, 3.8) is 0 Å². The van der Waals surface area contributed by atoms with Gasteiger partial charge in [-0.15, -0.1) is 0 Å². The highest BCUT2D eigenvalue weighted by atomic mass is 16.6. The Kier molecular flexibility index (Phi) is 3.43. The van der Waals surface area contributed by atoms with Gasteiger partial charge < -0.3 is 14.6 Å². The molecule has 0 aliphatic carbocycles. The molecule has 0 aromatic rings. The summed E-state index contributed by atoms with van der Waals surface area (Å²) < 4.78 is 10.4. The Hall–Kier alpha value is -0.810. The zero-order valence-electron chi connectivity index (χ0n) is 8.72. The van der Waals surface area contributed by atoms with Crippen molar-refractivity contribution in [1.29, 1.82) is 0 Å². The van der Waals surface area contributed by atoms with E-state index in [-0.39, 0.29) is 24.8 Å². The van der Waals surface area contributed by atoms with Crippen LogP contribution in [0, 0.1) is 0 Å². The normalized spacial score (nSPS) is 31.8. The molecule has 0 saturated carbocycles. The van der Waals surface area contributed by atoms with Crippen LogP contribution in [0.5, 0.6) is 0 Å². The molecule has 0 radical (unpaired) electrons. The Morgan fingerprint density at radius 2 is 2.33 bits per heavy atom. The molecular formula is C10H17NO4. The van der Waals surface area contributed by atoms with Crippen molar-refractivity contribution >= 4 is 6.09 Å². The first-order chi connectivity index (χ1) is 7.31. The average molecular weight is 215 g/mol. The van der Waals surface area contributed by atoms with Crippen LogP contribution >= 0.6 is 0 Å². The van der Waals surface area contributed by atoms with Gasteiger partial charge in [0.15, 0.2) is 0 Å². The molecule has 2 atom stereocenters. The van der Waals surface area contributed by atoms with Crippen LogP contribution in [0.4, 0.5) is 4.79 Å². The summed E-state index contributed by atoms with van der Waals surface area (Å²) in [4.78, 5) is 12.9. The third kappa shape index (κ3) is 2.41. The summed E-state index contributed by atoms with van der Waals surface area (Å²) in [6, 6.07) is -0.192. The highest BCUT2D eigenvalue weighted by Crippen LogP contribution is 2.18. The van der Waals surface area contributed by atoms with Gasteiger partial charge in [0, 0.05) is 6.61 Å². The van der Waals surface area contributed by atoms with E-state index in [2.05, 4.69) is 0 Å². The van der Waals surface area contributed by atoms with Gasteiger partial charge in [-0.05, 0) is 19.3 Å². The molecule has 15 heavy (non-hydrogen) atoms. The van der Waals surface area contributed by atoms with E-state index in [0.29, 0.717) is 13.2 Å². The fourth-order valence-corrected chi connectivity index (χ4v) is 2.04. The monoisotopic (exact) mass is 215 g/mol. The van der Waals surface area contributed by atoms with Crippen molar-refractivity contribution in [2.24, 2.45) is 0 Å². The largest absolute Gasteiger partial charge is 0.447 e. The van der Waals surface area contributed by atoms with Crippen molar-refractivity contribution in [3.05, 3.63) is 0 Å². The van der Waals surface area contributed by atoms with Crippen molar-refractivity contribution in [2.45, 2.75) is 31.4 Å². The summed E-state index contributed by atoms with van der Waals surface area (Å²) in [5.41, 5.74) is 0. The van der Waals surface area contributed by atoms with Crippen molar-refractivity contribution in [1.82, 2.24) is 4.90 Å². The number of carbonyl (C=O) groups excluding carboxylic acids is 1. The van der Waals surface area contributed by atoms with E-state index in [9.17, 15) is 4.79 Å². The molecule has 1 amide bonds. The molecule has 0 bridgehead atoms. The van der Waals surface area contributed by atoms with Crippen molar-refractivity contribution in [3.8, 4) is 0 Å². The standard InChI is InChI=1S/C10H17NO4/c12-6-8-7-15-10(13)11(8)5-9-3-1-2-4-14-9/h8-9,12H,1-7H2. The summed E-state index contributed by atoms with van der Waals surface area (Å²) in [6.07, 6.45) is 3.02. The zero-order valence-corrected chi connectivity index (χ0v) is 8.72. The Balaban J connectivity index is 1.88. The van der Waals surface area contributed by atoms with Crippen LogP contribution in [0.25, 0.3) is 0 Å². The minimum Gasteiger partial charge on any atom is -0.447 e. The first-order valence-corrected chi connectivity index (χ1v) is 5.47. The predicted molar refractivity (Wildman–Crippen MR) is 52.5 cm³/mol. The Labute approximate surface area is 89.0 Å².